The van der Waals surface area contributed by atoms with Crippen molar-refractivity contribution >= 4 is 5.97 Å². The quantitative estimate of drug-likeness (QED) is 0.796. The van der Waals surface area contributed by atoms with Gasteiger partial charge in [0.25, 0.3) is 0 Å². The average Bonchev–Trinajstić information content (AvgIpc) is 2.56. The van der Waals surface area contributed by atoms with Crippen molar-refractivity contribution in [2.45, 2.75) is 6.92 Å². The Morgan fingerprint density at radius 2 is 1.59 bits per heavy atom. The van der Waals surface area contributed by atoms with Crippen molar-refractivity contribution in [1.29, 1.82) is 0 Å². The summed E-state index contributed by atoms with van der Waals surface area (Å²) in [6.07, 6.45) is 1.50. The van der Waals surface area contributed by atoms with E-state index in [1.54, 1.807) is 18.2 Å². The van der Waals surface area contributed by atoms with Gasteiger partial charge in [0.05, 0.1) is 17.0 Å². The Kier molecular flexibility index (Phi) is 3.66. The van der Waals surface area contributed by atoms with Crippen LogP contribution in [0.4, 0.5) is 0 Å². The number of nitrogens with zero attached hydrogens (tertiary/aromatic N) is 2. The summed E-state index contributed by atoms with van der Waals surface area (Å²) in [6.45, 7) is 2.03. The van der Waals surface area contributed by atoms with Crippen molar-refractivity contribution in [2.24, 2.45) is 0 Å². The molecule has 0 unspecified atom stereocenters. The van der Waals surface area contributed by atoms with Gasteiger partial charge in [-0.2, -0.15) is 0 Å². The molecule has 2 aromatic carbocycles. The molecule has 0 saturated heterocycles. The molecular formula is C18H14N2O2. The Bertz CT molecular complexity index is 827. The lowest BCUT2D eigenvalue weighted by Crippen LogP contribution is -1.96. The molecule has 4 nitrogen and oxygen atoms in total. The number of benzene rings is 2. The van der Waals surface area contributed by atoms with Crippen molar-refractivity contribution in [2.75, 3.05) is 0 Å². The first-order chi connectivity index (χ1) is 10.6. The molecule has 4 heteroatoms. The number of carboxylic acid groups (broad SMARTS) is 1. The second-order valence-electron chi connectivity index (χ2n) is 5.04. The lowest BCUT2D eigenvalue weighted by Gasteiger charge is -2.05. The van der Waals surface area contributed by atoms with Gasteiger partial charge in [0.15, 0.2) is 0 Å². The van der Waals surface area contributed by atoms with Gasteiger partial charge in [0.2, 0.25) is 0 Å². The zero-order valence-corrected chi connectivity index (χ0v) is 12.0. The van der Waals surface area contributed by atoms with Gasteiger partial charge in [-0.1, -0.05) is 42.0 Å². The van der Waals surface area contributed by atoms with E-state index >= 15 is 0 Å². The summed E-state index contributed by atoms with van der Waals surface area (Å²) in [5.41, 5.74) is 4.71. The summed E-state index contributed by atoms with van der Waals surface area (Å²) in [7, 11) is 0. The summed E-state index contributed by atoms with van der Waals surface area (Å²) in [5.74, 6) is -0.949. The van der Waals surface area contributed by atoms with E-state index in [-0.39, 0.29) is 5.56 Å². The first-order valence-corrected chi connectivity index (χ1v) is 6.86. The number of aromatic nitrogens is 2. The van der Waals surface area contributed by atoms with E-state index in [1.807, 2.05) is 43.3 Å². The predicted octanol–water partition coefficient (Wildman–Crippen LogP) is 3.82. The normalized spacial score (nSPS) is 10.4. The predicted molar refractivity (Wildman–Crippen MR) is 84.6 cm³/mol. The minimum Gasteiger partial charge on any atom is -0.478 e. The Balaban J connectivity index is 2.02. The number of aromatic carboxylic acids is 1. The monoisotopic (exact) mass is 290 g/mol. The van der Waals surface area contributed by atoms with E-state index in [2.05, 4.69) is 9.97 Å². The molecule has 0 saturated carbocycles. The third-order valence-electron chi connectivity index (χ3n) is 3.42. The highest BCUT2D eigenvalue weighted by atomic mass is 16.4. The number of hydrogen-bond donors (Lipinski definition) is 1. The van der Waals surface area contributed by atoms with Crippen molar-refractivity contribution < 1.29 is 9.90 Å². The topological polar surface area (TPSA) is 63.1 Å². The standard InChI is InChI=1S/C18H14N2O2/c1-12-5-7-13(8-6-12)16-10-17(20-11-19-16)14-3-2-4-15(9-14)18(21)22/h2-11H,1H3,(H,21,22). The van der Waals surface area contributed by atoms with Crippen molar-refractivity contribution in [3.05, 3.63) is 72.1 Å². The van der Waals surface area contributed by atoms with E-state index in [0.29, 0.717) is 5.69 Å². The fourth-order valence-corrected chi connectivity index (χ4v) is 2.21. The summed E-state index contributed by atoms with van der Waals surface area (Å²) < 4.78 is 0. The second kappa shape index (κ2) is 5.77. The fraction of sp³-hybridized carbons (Fsp3) is 0.0556. The van der Waals surface area contributed by atoms with E-state index in [0.717, 1.165) is 16.8 Å². The molecule has 0 amide bonds. The third-order valence-corrected chi connectivity index (χ3v) is 3.42. The van der Waals surface area contributed by atoms with Crippen LogP contribution in [0.15, 0.2) is 60.9 Å². The molecule has 22 heavy (non-hydrogen) atoms. The maximum absolute atomic E-state index is 11.1. The smallest absolute Gasteiger partial charge is 0.335 e. The fourth-order valence-electron chi connectivity index (χ4n) is 2.21. The van der Waals surface area contributed by atoms with Crippen LogP contribution < -0.4 is 0 Å². The molecule has 1 aromatic heterocycles. The third kappa shape index (κ3) is 2.86. The molecule has 0 aliphatic carbocycles. The number of aryl methyl sites for hydroxylation is 1. The minimum atomic E-state index is -0.949. The molecule has 0 atom stereocenters. The first-order valence-electron chi connectivity index (χ1n) is 6.86. The Morgan fingerprint density at radius 3 is 2.27 bits per heavy atom. The Hall–Kier alpha value is -3.01. The van der Waals surface area contributed by atoms with E-state index in [4.69, 9.17) is 5.11 Å². The largest absolute Gasteiger partial charge is 0.478 e. The van der Waals surface area contributed by atoms with Crippen LogP contribution in [0.25, 0.3) is 22.5 Å². The van der Waals surface area contributed by atoms with Gasteiger partial charge in [-0.15, -0.1) is 0 Å². The summed E-state index contributed by atoms with van der Waals surface area (Å²) in [6, 6.07) is 16.7. The van der Waals surface area contributed by atoms with Crippen LogP contribution in [0.3, 0.4) is 0 Å². The van der Waals surface area contributed by atoms with E-state index in [9.17, 15) is 4.79 Å². The van der Waals surface area contributed by atoms with Gasteiger partial charge < -0.3 is 5.11 Å². The molecule has 3 aromatic rings. The highest BCUT2D eigenvalue weighted by molar-refractivity contribution is 5.89. The van der Waals surface area contributed by atoms with Crippen molar-refractivity contribution in [3.63, 3.8) is 0 Å². The first kappa shape index (κ1) is 13.9. The van der Waals surface area contributed by atoms with E-state index in [1.165, 1.54) is 11.9 Å². The van der Waals surface area contributed by atoms with Gasteiger partial charge in [0.1, 0.15) is 6.33 Å². The van der Waals surface area contributed by atoms with Crippen LogP contribution in [0.1, 0.15) is 15.9 Å². The summed E-state index contributed by atoms with van der Waals surface area (Å²) in [4.78, 5) is 19.6. The lowest BCUT2D eigenvalue weighted by atomic mass is 10.0. The number of carbonyl (C=O) groups is 1. The van der Waals surface area contributed by atoms with Crippen LogP contribution in [0, 0.1) is 6.92 Å². The van der Waals surface area contributed by atoms with Crippen LogP contribution in [0.5, 0.6) is 0 Å². The van der Waals surface area contributed by atoms with Gasteiger partial charge in [-0.25, -0.2) is 14.8 Å². The molecular weight excluding hydrogens is 276 g/mol. The molecule has 108 valence electrons. The molecule has 0 fully saturated rings. The molecule has 0 aliphatic heterocycles. The molecule has 1 heterocycles. The van der Waals surface area contributed by atoms with Crippen molar-refractivity contribution in [1.82, 2.24) is 9.97 Å². The highest BCUT2D eigenvalue weighted by Gasteiger charge is 2.07. The van der Waals surface area contributed by atoms with Gasteiger partial charge in [-0.05, 0) is 25.1 Å². The second-order valence-corrected chi connectivity index (χ2v) is 5.04. The zero-order valence-electron chi connectivity index (χ0n) is 12.0. The number of rotatable bonds is 3. The van der Waals surface area contributed by atoms with Crippen LogP contribution >= 0.6 is 0 Å². The van der Waals surface area contributed by atoms with Gasteiger partial charge in [-0.3, -0.25) is 0 Å². The number of hydrogen-bond acceptors (Lipinski definition) is 3. The number of carboxylic acids is 1. The van der Waals surface area contributed by atoms with Crippen LogP contribution in [0.2, 0.25) is 0 Å². The van der Waals surface area contributed by atoms with E-state index < -0.39 is 5.97 Å². The molecule has 0 spiro atoms. The Morgan fingerprint density at radius 1 is 0.909 bits per heavy atom. The highest BCUT2D eigenvalue weighted by Crippen LogP contribution is 2.23. The minimum absolute atomic E-state index is 0.244. The van der Waals surface area contributed by atoms with Crippen LogP contribution in [-0.4, -0.2) is 21.0 Å². The SMILES string of the molecule is Cc1ccc(-c2cc(-c3cccc(C(=O)O)c3)ncn2)cc1. The molecule has 0 aliphatic rings. The Labute approximate surface area is 128 Å². The van der Waals surface area contributed by atoms with Gasteiger partial charge in [0, 0.05) is 11.1 Å². The maximum atomic E-state index is 11.1. The average molecular weight is 290 g/mol. The maximum Gasteiger partial charge on any atom is 0.335 e. The summed E-state index contributed by atoms with van der Waals surface area (Å²) >= 11 is 0. The lowest BCUT2D eigenvalue weighted by molar-refractivity contribution is 0.0697. The van der Waals surface area contributed by atoms with Crippen molar-refractivity contribution in [3.8, 4) is 22.5 Å². The molecule has 1 N–H and O–H groups in total. The van der Waals surface area contributed by atoms with Crippen LogP contribution in [-0.2, 0) is 0 Å². The zero-order chi connectivity index (χ0) is 15.5. The molecule has 0 radical (unpaired) electrons. The summed E-state index contributed by atoms with van der Waals surface area (Å²) in [5, 5.41) is 9.08. The molecule has 3 rings (SSSR count). The van der Waals surface area contributed by atoms with Gasteiger partial charge >= 0.3 is 5.97 Å². The molecule has 0 bridgehead atoms.